The molecular formula is C73H52N6S. The van der Waals surface area contributed by atoms with Crippen molar-refractivity contribution in [2.75, 3.05) is 5.32 Å². The molecule has 0 radical (unpaired) electrons. The maximum Gasteiger partial charge on any atom is 0.164 e. The summed E-state index contributed by atoms with van der Waals surface area (Å²) < 4.78 is 3.62. The van der Waals surface area contributed by atoms with Gasteiger partial charge in [-0.25, -0.2) is 19.9 Å². The largest absolute Gasteiger partial charge is 0.356 e. The number of anilines is 1. The molecular weight excluding hydrogens is 993 g/mol. The number of allylic oxidation sites excluding steroid dienone is 4. The quantitative estimate of drug-likeness (QED) is 0.180. The Kier molecular flexibility index (Phi) is 10.3. The van der Waals surface area contributed by atoms with Gasteiger partial charge in [0.25, 0.3) is 0 Å². The molecule has 6 nitrogen and oxygen atoms in total. The average Bonchev–Trinajstić information content (AvgIpc) is 4.21. The molecule has 1 spiro atoms. The van der Waals surface area contributed by atoms with Crippen LogP contribution >= 0.6 is 11.3 Å². The predicted molar refractivity (Wildman–Crippen MR) is 329 cm³/mol. The van der Waals surface area contributed by atoms with Crippen molar-refractivity contribution < 1.29 is 0 Å². The van der Waals surface area contributed by atoms with E-state index in [4.69, 9.17) is 19.9 Å². The van der Waals surface area contributed by atoms with Gasteiger partial charge in [-0.1, -0.05) is 226 Å². The Bertz CT molecular complexity index is 4570. The average molecular weight is 1050 g/mol. The van der Waals surface area contributed by atoms with Gasteiger partial charge in [0, 0.05) is 71.7 Å². The minimum absolute atomic E-state index is 0.0132. The smallest absolute Gasteiger partial charge is 0.164 e. The zero-order valence-corrected chi connectivity index (χ0v) is 45.2. The molecule has 80 heavy (non-hydrogen) atoms. The van der Waals surface area contributed by atoms with Crippen LogP contribution in [0.1, 0.15) is 70.5 Å². The second-order valence-electron chi connectivity index (χ2n) is 22.1. The monoisotopic (exact) mass is 1040 g/mol. The summed E-state index contributed by atoms with van der Waals surface area (Å²) in [6, 6.07) is 81.0. The standard InChI is InChI=1S/C73H52N6S/c1-44-65(75-66(68-67(74-44)52-29-14-20-37-63(52)80-68)48-38-40-51-50-28-13-19-36-61(50)79(62(51)43-48)49-26-11-6-12-27-49)47-39-41-55-54(42-47)64-53(71-77-69(45-22-7-4-8-23-45)76-70(78-71)46-24-9-5-10-25-46)30-21-35-60(64)73(55)58-33-17-15-31-56(58)72(2,3)57-32-16-18-34-59(57)73/h4-43,54-55,74H,1-3H3. The molecule has 0 fully saturated rings. The van der Waals surface area contributed by atoms with Crippen molar-refractivity contribution in [2.24, 2.45) is 10.9 Å². The van der Waals surface area contributed by atoms with E-state index >= 15 is 0 Å². The third-order valence-corrected chi connectivity index (χ3v) is 18.7. The highest BCUT2D eigenvalue weighted by Gasteiger charge is 2.59. The lowest BCUT2D eigenvalue weighted by Crippen LogP contribution is -2.44. The summed E-state index contributed by atoms with van der Waals surface area (Å²) in [6.07, 6.45) is 7.42. The number of thiophene rings is 1. The highest BCUT2D eigenvalue weighted by Crippen LogP contribution is 2.66. The van der Waals surface area contributed by atoms with Crippen molar-refractivity contribution in [2.45, 2.75) is 37.5 Å². The van der Waals surface area contributed by atoms with Crippen molar-refractivity contribution in [3.05, 3.63) is 303 Å². The van der Waals surface area contributed by atoms with E-state index in [1.165, 1.54) is 59.8 Å². The van der Waals surface area contributed by atoms with E-state index in [9.17, 15) is 0 Å². The first kappa shape index (κ1) is 46.5. The van der Waals surface area contributed by atoms with Crippen LogP contribution in [0, 0.1) is 5.92 Å². The van der Waals surface area contributed by atoms with Crippen LogP contribution in [0.3, 0.4) is 0 Å². The molecule has 3 aliphatic carbocycles. The molecule has 4 aliphatic rings. The van der Waals surface area contributed by atoms with Crippen LogP contribution in [0.15, 0.2) is 265 Å². The third-order valence-electron chi connectivity index (χ3n) is 17.5. The van der Waals surface area contributed by atoms with E-state index in [2.05, 4.69) is 237 Å². The number of aliphatic imine (C=N–C) groups is 1. The SMILES string of the molecule is CC1=C(C2=CC3c4c(-c5nc(-c6ccccc6)nc(-c6ccccc6)n5)cccc4C4(c5ccccc5C(C)(C)c5ccccc54)C3C=C2)N=C(c2ccc3c4ccccc4n(-c4ccccc4)c3c2)c2sc3ccccc3c2N1. The Morgan fingerprint density at radius 1 is 0.512 bits per heavy atom. The number of hydrogen-bond donors (Lipinski definition) is 1. The minimum Gasteiger partial charge on any atom is -0.356 e. The number of hydrogen-bond acceptors (Lipinski definition) is 6. The summed E-state index contributed by atoms with van der Waals surface area (Å²) in [6.45, 7) is 6.98. The van der Waals surface area contributed by atoms with Crippen molar-refractivity contribution in [3.63, 3.8) is 0 Å². The molecule has 12 aromatic rings. The summed E-state index contributed by atoms with van der Waals surface area (Å²) in [7, 11) is 0. The molecule has 380 valence electrons. The Labute approximate surface area is 468 Å². The van der Waals surface area contributed by atoms with Crippen LogP contribution < -0.4 is 5.32 Å². The first-order chi connectivity index (χ1) is 39.3. The molecule has 1 N–H and O–H groups in total. The molecule has 2 atom stereocenters. The molecule has 1 aliphatic heterocycles. The fourth-order valence-electron chi connectivity index (χ4n) is 14.0. The second-order valence-corrected chi connectivity index (χ2v) is 23.2. The number of nitrogens with one attached hydrogen (secondary N) is 1. The van der Waals surface area contributed by atoms with E-state index in [0.29, 0.717) is 17.5 Å². The van der Waals surface area contributed by atoms with E-state index in [-0.39, 0.29) is 17.3 Å². The van der Waals surface area contributed by atoms with Gasteiger partial charge >= 0.3 is 0 Å². The van der Waals surface area contributed by atoms with Gasteiger partial charge < -0.3 is 9.88 Å². The summed E-state index contributed by atoms with van der Waals surface area (Å²) in [5.41, 5.74) is 19.4. The van der Waals surface area contributed by atoms with Crippen LogP contribution in [0.5, 0.6) is 0 Å². The van der Waals surface area contributed by atoms with Gasteiger partial charge in [0.1, 0.15) is 0 Å². The Morgan fingerprint density at radius 2 is 1.09 bits per heavy atom. The topological polar surface area (TPSA) is 68.0 Å². The second kappa shape index (κ2) is 17.7. The lowest BCUT2D eigenvalue weighted by molar-refractivity contribution is 0.419. The number of nitrogens with zero attached hydrogens (tertiary/aromatic N) is 5. The zero-order chi connectivity index (χ0) is 53.3. The fraction of sp³-hybridized carbons (Fsp3) is 0.0959. The highest BCUT2D eigenvalue weighted by atomic mass is 32.1. The first-order valence-electron chi connectivity index (χ1n) is 27.6. The molecule has 9 aromatic carbocycles. The first-order valence-corrected chi connectivity index (χ1v) is 28.4. The van der Waals surface area contributed by atoms with Gasteiger partial charge in [0.15, 0.2) is 17.5 Å². The summed E-state index contributed by atoms with van der Waals surface area (Å²) in [5.74, 6) is 1.80. The van der Waals surface area contributed by atoms with Gasteiger partial charge in [0.05, 0.1) is 38.4 Å². The minimum atomic E-state index is -0.552. The summed E-state index contributed by atoms with van der Waals surface area (Å²) in [5, 5.41) is 7.62. The fourth-order valence-corrected chi connectivity index (χ4v) is 15.2. The Balaban J connectivity index is 0.945. The lowest BCUT2D eigenvalue weighted by Gasteiger charge is -2.49. The molecule has 3 aromatic heterocycles. The maximum absolute atomic E-state index is 5.97. The third kappa shape index (κ3) is 6.77. The van der Waals surface area contributed by atoms with Gasteiger partial charge in [-0.15, -0.1) is 11.3 Å². The van der Waals surface area contributed by atoms with Crippen molar-refractivity contribution in [1.82, 2.24) is 19.5 Å². The molecule has 0 saturated heterocycles. The van der Waals surface area contributed by atoms with E-state index in [1.807, 2.05) is 36.4 Å². The van der Waals surface area contributed by atoms with Gasteiger partial charge in [0.2, 0.25) is 0 Å². The number of rotatable bonds is 6. The molecule has 0 bridgehead atoms. The van der Waals surface area contributed by atoms with Crippen molar-refractivity contribution in [1.29, 1.82) is 0 Å². The molecule has 2 unspecified atom stereocenters. The molecule has 4 heterocycles. The molecule has 0 amide bonds. The summed E-state index contributed by atoms with van der Waals surface area (Å²) >= 11 is 1.80. The lowest BCUT2D eigenvalue weighted by atomic mass is 9.53. The van der Waals surface area contributed by atoms with Gasteiger partial charge in [-0.05, 0) is 76.2 Å². The van der Waals surface area contributed by atoms with Crippen LogP contribution in [0.25, 0.3) is 71.7 Å². The van der Waals surface area contributed by atoms with E-state index in [0.717, 1.165) is 66.7 Å². The van der Waals surface area contributed by atoms with Crippen molar-refractivity contribution >= 4 is 54.6 Å². The highest BCUT2D eigenvalue weighted by molar-refractivity contribution is 7.22. The zero-order valence-electron chi connectivity index (χ0n) is 44.4. The number of para-hydroxylation sites is 2. The Hall–Kier alpha value is -9.56. The summed E-state index contributed by atoms with van der Waals surface area (Å²) in [4.78, 5) is 23.1. The predicted octanol–water partition coefficient (Wildman–Crippen LogP) is 17.6. The van der Waals surface area contributed by atoms with E-state index < -0.39 is 5.41 Å². The van der Waals surface area contributed by atoms with Crippen LogP contribution in [-0.2, 0) is 10.8 Å². The van der Waals surface area contributed by atoms with Crippen LogP contribution in [-0.4, -0.2) is 25.2 Å². The van der Waals surface area contributed by atoms with E-state index in [1.54, 1.807) is 11.3 Å². The van der Waals surface area contributed by atoms with Crippen LogP contribution in [0.4, 0.5) is 5.69 Å². The molecule has 16 rings (SSSR count). The maximum atomic E-state index is 5.97. The number of fused-ring (bicyclic) bond motifs is 15. The van der Waals surface area contributed by atoms with Gasteiger partial charge in [-0.2, -0.15) is 0 Å². The molecule has 7 heteroatoms. The number of aromatic nitrogens is 4. The van der Waals surface area contributed by atoms with Gasteiger partial charge in [-0.3, -0.25) is 0 Å². The number of benzene rings is 9. The Morgan fingerprint density at radius 3 is 1.79 bits per heavy atom. The van der Waals surface area contributed by atoms with Crippen LogP contribution in [0.2, 0.25) is 0 Å². The molecule has 0 saturated carbocycles. The normalized spacial score (nSPS) is 17.3. The van der Waals surface area contributed by atoms with Crippen molar-refractivity contribution in [3.8, 4) is 39.9 Å².